The molecule has 4 heteroatoms. The molecule has 0 aromatic carbocycles. The van der Waals surface area contributed by atoms with Crippen LogP contribution >= 0.6 is 0 Å². The smallest absolute Gasteiger partial charge is 1.00 e. The standard InChI is InChI=1S/As.3Tl/q-3;3*+1. The Bertz CT molecular complexity index is 3.25. The molecule has 0 heterocycles. The summed E-state index contributed by atoms with van der Waals surface area (Å²) in [7, 11) is 0. The van der Waals surface area contributed by atoms with Crippen molar-refractivity contribution in [2.75, 3.05) is 0 Å². The van der Waals surface area contributed by atoms with E-state index in [0.29, 0.717) is 0 Å². The summed E-state index contributed by atoms with van der Waals surface area (Å²) in [6, 6.07) is 0. The van der Waals surface area contributed by atoms with Gasteiger partial charge in [0.1, 0.15) is 0 Å². The molecule has 0 aromatic heterocycles. The van der Waals surface area contributed by atoms with E-state index in [1.165, 1.54) is 0 Å². The van der Waals surface area contributed by atoms with E-state index in [4.69, 9.17) is 0 Å². The van der Waals surface area contributed by atoms with Crippen molar-refractivity contribution in [2.45, 2.75) is 0 Å². The van der Waals surface area contributed by atoms with Crippen molar-refractivity contribution in [1.29, 1.82) is 0 Å². The van der Waals surface area contributed by atoms with Gasteiger partial charge in [0.15, 0.2) is 0 Å². The van der Waals surface area contributed by atoms with Crippen LogP contribution in [0.4, 0.5) is 0 Å². The van der Waals surface area contributed by atoms with Gasteiger partial charge in [0.25, 0.3) is 0 Å². The quantitative estimate of drug-likeness (QED) is 0.272. The van der Waals surface area contributed by atoms with Gasteiger partial charge in [0, 0.05) is 0 Å². The summed E-state index contributed by atoms with van der Waals surface area (Å²) in [4.78, 5) is 0. The van der Waals surface area contributed by atoms with Gasteiger partial charge in [-0.3, -0.25) is 0 Å². The zero-order valence-electron chi connectivity index (χ0n) is 2.18. The number of hydrogen-bond acceptors (Lipinski definition) is 0. The Kier molecular flexibility index (Phi) is 108. The second-order valence-corrected chi connectivity index (χ2v) is 0. The van der Waals surface area contributed by atoms with Gasteiger partial charge in [-0.25, -0.2) is 0 Å². The Hall–Kier alpha value is 3.32. The molecule has 0 aliphatic carbocycles. The van der Waals surface area contributed by atoms with Crippen molar-refractivity contribution in [2.24, 2.45) is 0 Å². The summed E-state index contributed by atoms with van der Waals surface area (Å²) in [6.45, 7) is 0. The second-order valence-electron chi connectivity index (χ2n) is 0. The van der Waals surface area contributed by atoms with E-state index in [9.17, 15) is 0 Å². The van der Waals surface area contributed by atoms with E-state index in [0.717, 1.165) is 0 Å². The van der Waals surface area contributed by atoms with Gasteiger partial charge in [0.05, 0.1) is 0 Å². The molecule has 0 aliphatic heterocycles. The number of hydrogen-bond donors (Lipinski definition) is 0. The molecule has 4 heavy (non-hydrogen) atoms. The zero-order chi connectivity index (χ0) is 0. The van der Waals surface area contributed by atoms with Crippen LogP contribution < -0.4 is 0 Å². The van der Waals surface area contributed by atoms with Crippen LogP contribution in [0.3, 0.4) is 0 Å². The Morgan fingerprint density at radius 3 is 0.500 bits per heavy atom. The van der Waals surface area contributed by atoms with Gasteiger partial charge in [-0.1, -0.05) is 0 Å². The molecule has 0 bridgehead atoms. The van der Waals surface area contributed by atoms with E-state index in [2.05, 4.69) is 0 Å². The summed E-state index contributed by atoms with van der Waals surface area (Å²) in [5.74, 6) is 0. The molecule has 0 fully saturated rings. The fraction of sp³-hybridized carbons (Fsp3) is 0. The summed E-state index contributed by atoms with van der Waals surface area (Å²) in [5, 5.41) is 0. The fourth-order valence-electron chi connectivity index (χ4n) is 0. The molecule has 0 spiro atoms. The van der Waals surface area contributed by atoms with E-state index in [-0.39, 0.29) is 99.8 Å². The summed E-state index contributed by atoms with van der Waals surface area (Å²) >= 11 is 0. The molecule has 0 nitrogen and oxygen atoms in total. The molecule has 0 radical (unpaired) electrons. The van der Waals surface area contributed by atoms with E-state index in [1.54, 1.807) is 0 Å². The van der Waals surface area contributed by atoms with E-state index >= 15 is 0 Å². The van der Waals surface area contributed by atoms with Crippen LogP contribution in [0.15, 0.2) is 0 Å². The van der Waals surface area contributed by atoms with Crippen LogP contribution in [-0.4, -0.2) is 99.8 Å². The first kappa shape index (κ1) is 26.5. The molecule has 0 rings (SSSR count). The maximum atomic E-state index is 0. The van der Waals surface area contributed by atoms with Crippen LogP contribution in [0.25, 0.3) is 0 Å². The molecular weight excluding hydrogens is 688 g/mol. The molecular formula is AsTl3. The SMILES string of the molecule is [As-3].[Tl+].[Tl+].[Tl+]. The topological polar surface area (TPSA) is 0 Å². The third kappa shape index (κ3) is 9.01. The van der Waals surface area contributed by atoms with Crippen LogP contribution in [-0.2, 0) is 0 Å². The average molecular weight is 688 g/mol. The molecule has 0 saturated heterocycles. The molecule has 0 aliphatic rings. The summed E-state index contributed by atoms with van der Waals surface area (Å²) in [5.41, 5.74) is 0. The Balaban J connectivity index is 0. The zero-order valence-corrected chi connectivity index (χ0v) is 17.5. The van der Waals surface area contributed by atoms with Crippen molar-refractivity contribution < 1.29 is 0 Å². The Morgan fingerprint density at radius 2 is 0.500 bits per heavy atom. The van der Waals surface area contributed by atoms with Crippen LogP contribution in [0.5, 0.6) is 0 Å². The maximum Gasteiger partial charge on any atom is 1.00 e. The Labute approximate surface area is 97.7 Å². The fourth-order valence-corrected chi connectivity index (χ4v) is 0. The van der Waals surface area contributed by atoms with Gasteiger partial charge in [-0.05, 0) is 0 Å². The van der Waals surface area contributed by atoms with Crippen molar-refractivity contribution in [3.8, 4) is 0 Å². The minimum atomic E-state index is 0. The van der Waals surface area contributed by atoms with Crippen LogP contribution in [0.2, 0.25) is 0 Å². The molecule has 0 atom stereocenters. The predicted molar refractivity (Wildman–Crippen MR) is 23.0 cm³/mol. The first-order chi connectivity index (χ1) is 0. The first-order valence-corrected chi connectivity index (χ1v) is 0. The minimum Gasteiger partial charge on any atom is -3.00 e. The molecule has 0 unspecified atom stereocenters. The minimum absolute atomic E-state index is 0. The predicted octanol–water partition coefficient (Wildman–Crippen LogP) is -1.52. The van der Waals surface area contributed by atoms with Crippen molar-refractivity contribution in [1.82, 2.24) is 0 Å². The molecule has 14 valence electrons. The van der Waals surface area contributed by atoms with Crippen LogP contribution in [0, 0.1) is 0 Å². The van der Waals surface area contributed by atoms with E-state index < -0.39 is 0 Å². The van der Waals surface area contributed by atoms with Crippen molar-refractivity contribution >= 4 is 99.8 Å². The third-order valence-corrected chi connectivity index (χ3v) is 0. The molecule has 0 saturated carbocycles. The third-order valence-electron chi connectivity index (χ3n) is 0. The Morgan fingerprint density at radius 1 is 0.500 bits per heavy atom. The van der Waals surface area contributed by atoms with Gasteiger partial charge in [0.2, 0.25) is 0 Å². The van der Waals surface area contributed by atoms with Crippen molar-refractivity contribution in [3.63, 3.8) is 0 Å². The van der Waals surface area contributed by atoms with Gasteiger partial charge in [-0.15, -0.1) is 0 Å². The monoisotopic (exact) mass is 690 g/mol. The normalized spacial score (nSPS) is 0. The van der Waals surface area contributed by atoms with Gasteiger partial charge >= 0.3 is 81.9 Å². The van der Waals surface area contributed by atoms with E-state index in [1.807, 2.05) is 0 Å². The number of rotatable bonds is 0. The summed E-state index contributed by atoms with van der Waals surface area (Å²) in [6.07, 6.45) is 0. The average Bonchev–Trinajstić information content (AvgIpc) is 0. The second kappa shape index (κ2) is 16.2. The maximum absolute atomic E-state index is 0. The first-order valence-electron chi connectivity index (χ1n) is 0. The molecule has 0 amide bonds. The van der Waals surface area contributed by atoms with Gasteiger partial charge < -0.3 is 18.0 Å². The van der Waals surface area contributed by atoms with Crippen LogP contribution in [0.1, 0.15) is 0 Å². The van der Waals surface area contributed by atoms with Gasteiger partial charge in [-0.2, -0.15) is 0 Å². The summed E-state index contributed by atoms with van der Waals surface area (Å²) < 4.78 is 0. The largest absolute Gasteiger partial charge is 3.00 e. The molecule has 0 aromatic rings. The van der Waals surface area contributed by atoms with Crippen molar-refractivity contribution in [3.05, 3.63) is 0 Å². The molecule has 0 N–H and O–H groups in total.